The van der Waals surface area contributed by atoms with Gasteiger partial charge in [-0.25, -0.2) is 0 Å². The van der Waals surface area contributed by atoms with E-state index in [2.05, 4.69) is 296 Å². The summed E-state index contributed by atoms with van der Waals surface area (Å²) in [5, 5.41) is 12.2. The number of hydrogen-bond donors (Lipinski definition) is 0. The molecule has 2 heterocycles. The van der Waals surface area contributed by atoms with E-state index in [1.54, 1.807) is 0 Å². The summed E-state index contributed by atoms with van der Waals surface area (Å²) in [6.07, 6.45) is 0. The van der Waals surface area contributed by atoms with E-state index in [0.29, 0.717) is 0 Å². The molecule has 398 valence electrons. The minimum Gasteiger partial charge on any atom is -0.275 e. The van der Waals surface area contributed by atoms with Crippen molar-refractivity contribution in [1.82, 2.24) is 14.8 Å². The first-order valence-corrected chi connectivity index (χ1v) is 30.5. The molecule has 4 heteroatoms. The van der Waals surface area contributed by atoms with Gasteiger partial charge in [0.15, 0.2) is 11.6 Å². The van der Waals surface area contributed by atoms with Crippen LogP contribution in [0.1, 0.15) is 44.5 Å². The fourth-order valence-corrected chi connectivity index (χ4v) is 17.1. The number of fused-ring (bicyclic) bond motifs is 23. The number of benzene rings is 13. The minimum atomic E-state index is -0.457. The van der Waals surface area contributed by atoms with E-state index in [1.165, 1.54) is 137 Å². The first kappa shape index (κ1) is 47.7. The highest BCUT2D eigenvalue weighted by Crippen LogP contribution is 2.65. The van der Waals surface area contributed by atoms with Gasteiger partial charge in [0.25, 0.3) is 0 Å². The van der Waals surface area contributed by atoms with Gasteiger partial charge in [0.05, 0.1) is 10.8 Å². The molecule has 0 N–H and O–H groups in total. The average molecular weight is 1110 g/mol. The molecule has 13 aromatic carbocycles. The molecule has 19 rings (SSSR count). The Morgan fingerprint density at radius 3 is 1.07 bits per heavy atom. The van der Waals surface area contributed by atoms with Crippen molar-refractivity contribution < 1.29 is 0 Å². The number of rotatable bonds is 6. The molecule has 86 heavy (non-hydrogen) atoms. The zero-order valence-corrected chi connectivity index (χ0v) is 47.4. The van der Waals surface area contributed by atoms with Crippen LogP contribution in [0.3, 0.4) is 0 Å². The number of hydrogen-bond acceptors (Lipinski definition) is 3. The maximum Gasteiger partial charge on any atom is 0.168 e. The Balaban J connectivity index is 0.812. The molecule has 15 aromatic rings. The summed E-state index contributed by atoms with van der Waals surface area (Å²) in [4.78, 5) is 0. The molecule has 0 saturated heterocycles. The Labute approximate surface area is 502 Å². The van der Waals surface area contributed by atoms with E-state index in [1.807, 2.05) is 17.4 Å². The lowest BCUT2D eigenvalue weighted by atomic mass is 9.70. The van der Waals surface area contributed by atoms with E-state index in [0.717, 1.165) is 34.0 Å². The number of para-hydroxylation sites is 1. The van der Waals surface area contributed by atoms with E-state index in [4.69, 9.17) is 10.2 Å². The highest BCUT2D eigenvalue weighted by molar-refractivity contribution is 7.26. The topological polar surface area (TPSA) is 30.7 Å². The van der Waals surface area contributed by atoms with Crippen molar-refractivity contribution in [2.45, 2.75) is 10.8 Å². The maximum atomic E-state index is 4.89. The van der Waals surface area contributed by atoms with Crippen molar-refractivity contribution in [3.05, 3.63) is 342 Å². The van der Waals surface area contributed by atoms with E-state index in [9.17, 15) is 0 Å². The number of aromatic nitrogens is 3. The van der Waals surface area contributed by atoms with Crippen LogP contribution < -0.4 is 0 Å². The fourth-order valence-electron chi connectivity index (χ4n) is 15.9. The summed E-state index contributed by atoms with van der Waals surface area (Å²) in [5.41, 5.74) is 30.5. The lowest BCUT2D eigenvalue weighted by Crippen LogP contribution is -2.25. The predicted molar refractivity (Wildman–Crippen MR) is 354 cm³/mol. The van der Waals surface area contributed by atoms with Crippen LogP contribution in [0.15, 0.2) is 297 Å². The van der Waals surface area contributed by atoms with Gasteiger partial charge in [-0.1, -0.05) is 249 Å². The van der Waals surface area contributed by atoms with E-state index < -0.39 is 10.8 Å². The molecule has 0 saturated carbocycles. The zero-order chi connectivity index (χ0) is 56.2. The van der Waals surface area contributed by atoms with Crippen molar-refractivity contribution >= 4 is 31.5 Å². The van der Waals surface area contributed by atoms with Crippen LogP contribution in [0.4, 0.5) is 0 Å². The van der Waals surface area contributed by atoms with Crippen LogP contribution in [-0.2, 0) is 10.8 Å². The predicted octanol–water partition coefficient (Wildman–Crippen LogP) is 20.7. The second-order valence-electron chi connectivity index (χ2n) is 23.5. The second-order valence-corrected chi connectivity index (χ2v) is 24.5. The summed E-state index contributed by atoms with van der Waals surface area (Å²) >= 11 is 1.89. The molecular weight excluding hydrogens is 1060 g/mol. The van der Waals surface area contributed by atoms with E-state index >= 15 is 0 Å². The van der Waals surface area contributed by atoms with Crippen LogP contribution in [0.2, 0.25) is 0 Å². The molecule has 0 radical (unpaired) electrons. The number of thiophene rings is 1. The third-order valence-corrected chi connectivity index (χ3v) is 20.6. The summed E-state index contributed by atoms with van der Waals surface area (Å²) < 4.78 is 4.70. The van der Waals surface area contributed by atoms with Crippen LogP contribution >= 0.6 is 11.3 Å². The first-order valence-electron chi connectivity index (χ1n) is 29.7. The molecule has 0 bridgehead atoms. The summed E-state index contributed by atoms with van der Waals surface area (Å²) in [5.74, 6) is 1.60. The van der Waals surface area contributed by atoms with Crippen LogP contribution in [-0.4, -0.2) is 14.8 Å². The molecule has 0 aliphatic heterocycles. The molecule has 0 unspecified atom stereocenters. The van der Waals surface area contributed by atoms with Crippen molar-refractivity contribution in [2.24, 2.45) is 0 Å². The maximum absolute atomic E-state index is 4.89. The number of nitrogens with zero attached hydrogens (tertiary/aromatic N) is 3. The van der Waals surface area contributed by atoms with Gasteiger partial charge < -0.3 is 0 Å². The van der Waals surface area contributed by atoms with Gasteiger partial charge in [-0.15, -0.1) is 21.5 Å². The monoisotopic (exact) mass is 1110 g/mol. The lowest BCUT2D eigenvalue weighted by Gasteiger charge is -2.30. The summed E-state index contributed by atoms with van der Waals surface area (Å²) in [7, 11) is 0. The minimum absolute atomic E-state index is 0.423. The van der Waals surface area contributed by atoms with Gasteiger partial charge in [0.2, 0.25) is 0 Å². The van der Waals surface area contributed by atoms with Gasteiger partial charge in [-0.05, 0) is 165 Å². The SMILES string of the molecule is c1ccc(-c2nnc(-c3ccc(-c4cc(-c5ccc6c(c5)C5(c7ccccc7-c7ccccc75)c5ccccc5-6)cc5c4sc4ccc(-c6ccc7c(c6)C6(c8ccccc8-c8ccccc86)c6ccccc6-7)cc45)cc3)n2-c2ccccc2)cc1. The fraction of sp³-hybridized carbons (Fsp3) is 0.0244. The summed E-state index contributed by atoms with van der Waals surface area (Å²) in [6.45, 7) is 0. The van der Waals surface area contributed by atoms with Crippen molar-refractivity contribution in [2.75, 3.05) is 0 Å². The van der Waals surface area contributed by atoms with Gasteiger partial charge in [-0.3, -0.25) is 4.57 Å². The van der Waals surface area contributed by atoms with Crippen LogP contribution in [0.5, 0.6) is 0 Å². The standard InChI is InChI=1S/C82H49N3S/c1-3-19-51(20-4-1)79-83-84-80(85(79)57-21-5-2-6-22-57)52-37-35-50(36-38-52)66-46-56(55-40-43-65-63-28-12-18-34-74(63)82(76(65)49-55)71-31-15-9-25-60(71)61-26-10-16-32-72(61)82)47-68-67-45-53(41-44-77(67)86-78(66)68)54-39-42-64-62-27-11-17-33-73(62)81(75(64)48-54)69-29-13-7-23-58(69)59-24-8-14-30-70(59)81/h1-49H. The zero-order valence-electron chi connectivity index (χ0n) is 46.5. The molecular formula is C82H49N3S. The van der Waals surface area contributed by atoms with Crippen molar-refractivity contribution in [1.29, 1.82) is 0 Å². The lowest BCUT2D eigenvalue weighted by molar-refractivity contribution is 0.794. The van der Waals surface area contributed by atoms with Gasteiger partial charge in [-0.2, -0.15) is 0 Å². The van der Waals surface area contributed by atoms with Gasteiger partial charge in [0, 0.05) is 42.6 Å². The third kappa shape index (κ3) is 6.35. The normalized spacial score (nSPS) is 13.8. The molecule has 2 spiro atoms. The Bertz CT molecular complexity index is 5230. The first-order chi connectivity index (χ1) is 42.6. The quantitative estimate of drug-likeness (QED) is 0.166. The molecule has 3 nitrogen and oxygen atoms in total. The van der Waals surface area contributed by atoms with Gasteiger partial charge in [0.1, 0.15) is 0 Å². The largest absolute Gasteiger partial charge is 0.275 e. The highest BCUT2D eigenvalue weighted by atomic mass is 32.1. The molecule has 4 aliphatic rings. The van der Waals surface area contributed by atoms with E-state index in [-0.39, 0.29) is 0 Å². The Kier molecular flexibility index (Phi) is 9.91. The smallest absolute Gasteiger partial charge is 0.168 e. The molecule has 0 atom stereocenters. The molecule has 2 aromatic heterocycles. The second kappa shape index (κ2) is 17.9. The third-order valence-electron chi connectivity index (χ3n) is 19.4. The van der Waals surface area contributed by atoms with Crippen molar-refractivity contribution in [3.63, 3.8) is 0 Å². The molecule has 4 aliphatic carbocycles. The molecule has 0 amide bonds. The highest BCUT2D eigenvalue weighted by Gasteiger charge is 2.53. The van der Waals surface area contributed by atoms with Gasteiger partial charge >= 0.3 is 0 Å². The van der Waals surface area contributed by atoms with Crippen LogP contribution in [0.25, 0.3) is 127 Å². The molecule has 0 fully saturated rings. The Morgan fingerprint density at radius 2 is 0.593 bits per heavy atom. The average Bonchev–Trinajstić information content (AvgIpc) is 1.58. The van der Waals surface area contributed by atoms with Crippen LogP contribution in [0, 0.1) is 0 Å². The van der Waals surface area contributed by atoms with Crippen molar-refractivity contribution in [3.8, 4) is 106 Å². The Hall–Kier alpha value is -10.8. The Morgan fingerprint density at radius 1 is 0.244 bits per heavy atom. The summed E-state index contributed by atoms with van der Waals surface area (Å²) in [6, 6.07) is 111.